The average molecular weight is 274 g/mol. The van der Waals surface area contributed by atoms with Crippen LogP contribution in [0.5, 0.6) is 5.75 Å². The van der Waals surface area contributed by atoms with Gasteiger partial charge in [0.25, 0.3) is 0 Å². The quantitative estimate of drug-likeness (QED) is 0.822. The molecule has 0 amide bonds. The Morgan fingerprint density at radius 3 is 3.15 bits per heavy atom. The number of hydrogen-bond acceptors (Lipinski definition) is 3. The number of methoxy groups -OCH3 is 1. The Balaban J connectivity index is 1.57. The molecule has 1 atom stereocenters. The molecule has 1 aromatic heterocycles. The van der Waals surface area contributed by atoms with Crippen molar-refractivity contribution in [3.05, 3.63) is 30.5 Å². The molecule has 2 aromatic rings. The molecule has 0 saturated carbocycles. The molecule has 1 aliphatic rings. The molecular weight excluding hydrogens is 252 g/mol. The fourth-order valence-electron chi connectivity index (χ4n) is 2.84. The molecule has 1 saturated heterocycles. The van der Waals surface area contributed by atoms with E-state index in [-0.39, 0.29) is 0 Å². The first-order chi connectivity index (χ1) is 9.88. The van der Waals surface area contributed by atoms with Gasteiger partial charge in [0.1, 0.15) is 5.75 Å². The molecule has 0 radical (unpaired) electrons. The van der Waals surface area contributed by atoms with Crippen LogP contribution in [0.3, 0.4) is 0 Å². The van der Waals surface area contributed by atoms with E-state index < -0.39 is 0 Å². The van der Waals surface area contributed by atoms with Crippen LogP contribution in [0.1, 0.15) is 12.8 Å². The Morgan fingerprint density at radius 2 is 2.35 bits per heavy atom. The van der Waals surface area contributed by atoms with Crippen molar-refractivity contribution in [3.63, 3.8) is 0 Å². The van der Waals surface area contributed by atoms with Gasteiger partial charge in [0.05, 0.1) is 18.7 Å². The van der Waals surface area contributed by atoms with Crippen molar-refractivity contribution in [3.8, 4) is 5.75 Å². The second-order valence-corrected chi connectivity index (χ2v) is 5.24. The molecule has 1 aromatic carbocycles. The monoisotopic (exact) mass is 274 g/mol. The van der Waals surface area contributed by atoms with E-state index in [4.69, 9.17) is 9.47 Å². The van der Waals surface area contributed by atoms with Gasteiger partial charge in [-0.2, -0.15) is 0 Å². The first-order valence-corrected chi connectivity index (χ1v) is 7.32. The van der Waals surface area contributed by atoms with Gasteiger partial charge in [-0.3, -0.25) is 0 Å². The number of rotatable bonds is 6. The maximum Gasteiger partial charge on any atom is 0.128 e. The van der Waals surface area contributed by atoms with Crippen molar-refractivity contribution < 1.29 is 9.47 Å². The zero-order valence-electron chi connectivity index (χ0n) is 12.0. The molecule has 0 spiro atoms. The van der Waals surface area contributed by atoms with Crippen molar-refractivity contribution in [1.29, 1.82) is 0 Å². The standard InChI is InChI=1S/C16H22N2O2/c1-19-16-6-2-5-15-14(16)7-9-18(15)10-8-17-12-13-4-3-11-20-13/h2,5-7,9,13,17H,3-4,8,10-12H2,1H3. The predicted octanol–water partition coefficient (Wildman–Crippen LogP) is 2.42. The molecule has 1 aliphatic heterocycles. The summed E-state index contributed by atoms with van der Waals surface area (Å²) in [5.41, 5.74) is 1.23. The van der Waals surface area contributed by atoms with E-state index >= 15 is 0 Å². The smallest absolute Gasteiger partial charge is 0.128 e. The minimum absolute atomic E-state index is 0.413. The predicted molar refractivity (Wildman–Crippen MR) is 80.3 cm³/mol. The minimum atomic E-state index is 0.413. The third kappa shape index (κ3) is 2.81. The van der Waals surface area contributed by atoms with Crippen LogP contribution in [0, 0.1) is 0 Å². The van der Waals surface area contributed by atoms with Crippen molar-refractivity contribution in [2.24, 2.45) is 0 Å². The molecule has 2 heterocycles. The summed E-state index contributed by atoms with van der Waals surface area (Å²) in [7, 11) is 1.72. The normalized spacial score (nSPS) is 18.8. The van der Waals surface area contributed by atoms with Crippen LogP contribution in [-0.2, 0) is 11.3 Å². The Kier molecular flexibility index (Phi) is 4.23. The highest BCUT2D eigenvalue weighted by atomic mass is 16.5. The Hall–Kier alpha value is -1.52. The van der Waals surface area contributed by atoms with Crippen LogP contribution < -0.4 is 10.1 Å². The third-order valence-electron chi connectivity index (χ3n) is 3.92. The molecule has 0 aliphatic carbocycles. The number of nitrogens with zero attached hydrogens (tertiary/aromatic N) is 1. The van der Waals surface area contributed by atoms with Crippen LogP contribution in [0.15, 0.2) is 30.5 Å². The summed E-state index contributed by atoms with van der Waals surface area (Å²) in [5.74, 6) is 0.938. The largest absolute Gasteiger partial charge is 0.496 e. The van der Waals surface area contributed by atoms with Gasteiger partial charge in [-0.1, -0.05) is 6.07 Å². The molecular formula is C16H22N2O2. The van der Waals surface area contributed by atoms with E-state index in [1.54, 1.807) is 7.11 Å². The van der Waals surface area contributed by atoms with Crippen molar-refractivity contribution >= 4 is 10.9 Å². The highest BCUT2D eigenvalue weighted by Gasteiger charge is 2.14. The molecule has 4 nitrogen and oxygen atoms in total. The Bertz CT molecular complexity index is 559. The van der Waals surface area contributed by atoms with Gasteiger partial charge < -0.3 is 19.4 Å². The fourth-order valence-corrected chi connectivity index (χ4v) is 2.84. The summed E-state index contributed by atoms with van der Waals surface area (Å²) >= 11 is 0. The van der Waals surface area contributed by atoms with Crippen LogP contribution >= 0.6 is 0 Å². The fraction of sp³-hybridized carbons (Fsp3) is 0.500. The van der Waals surface area contributed by atoms with Gasteiger partial charge >= 0.3 is 0 Å². The molecule has 20 heavy (non-hydrogen) atoms. The maximum absolute atomic E-state index is 5.60. The molecule has 3 rings (SSSR count). The van der Waals surface area contributed by atoms with Gasteiger partial charge in [0, 0.05) is 37.8 Å². The number of aromatic nitrogens is 1. The Labute approximate surface area is 119 Å². The summed E-state index contributed by atoms with van der Waals surface area (Å²) in [6, 6.07) is 8.30. The number of hydrogen-bond donors (Lipinski definition) is 1. The summed E-state index contributed by atoms with van der Waals surface area (Å²) in [6.45, 7) is 3.81. The van der Waals surface area contributed by atoms with Crippen LogP contribution in [-0.4, -0.2) is 37.5 Å². The van der Waals surface area contributed by atoms with Gasteiger partial charge in [-0.25, -0.2) is 0 Å². The summed E-state index contributed by atoms with van der Waals surface area (Å²) in [6.07, 6.45) is 4.93. The van der Waals surface area contributed by atoms with Crippen molar-refractivity contribution in [2.75, 3.05) is 26.8 Å². The van der Waals surface area contributed by atoms with E-state index in [9.17, 15) is 0 Å². The summed E-state index contributed by atoms with van der Waals surface area (Å²) in [4.78, 5) is 0. The van der Waals surface area contributed by atoms with Gasteiger partial charge in [0.2, 0.25) is 0 Å². The first-order valence-electron chi connectivity index (χ1n) is 7.32. The van der Waals surface area contributed by atoms with Crippen LogP contribution in [0.25, 0.3) is 10.9 Å². The molecule has 1 N–H and O–H groups in total. The maximum atomic E-state index is 5.60. The highest BCUT2D eigenvalue weighted by molar-refractivity contribution is 5.86. The van der Waals surface area contributed by atoms with Crippen LogP contribution in [0.2, 0.25) is 0 Å². The lowest BCUT2D eigenvalue weighted by molar-refractivity contribution is 0.110. The van der Waals surface area contributed by atoms with Crippen molar-refractivity contribution in [1.82, 2.24) is 9.88 Å². The van der Waals surface area contributed by atoms with E-state index in [1.165, 1.54) is 23.7 Å². The van der Waals surface area contributed by atoms with Gasteiger partial charge in [0.15, 0.2) is 0 Å². The molecule has 0 bridgehead atoms. The molecule has 1 unspecified atom stereocenters. The average Bonchev–Trinajstić information content (AvgIpc) is 3.13. The summed E-state index contributed by atoms with van der Waals surface area (Å²) < 4.78 is 13.3. The number of benzene rings is 1. The topological polar surface area (TPSA) is 35.4 Å². The zero-order chi connectivity index (χ0) is 13.8. The van der Waals surface area contributed by atoms with E-state index in [0.717, 1.165) is 32.0 Å². The lowest BCUT2D eigenvalue weighted by Crippen LogP contribution is -2.28. The van der Waals surface area contributed by atoms with E-state index in [0.29, 0.717) is 6.10 Å². The summed E-state index contributed by atoms with van der Waals surface area (Å²) in [5, 5.41) is 4.66. The van der Waals surface area contributed by atoms with E-state index in [1.807, 2.05) is 12.1 Å². The Morgan fingerprint density at radius 1 is 1.40 bits per heavy atom. The first kappa shape index (κ1) is 13.5. The number of nitrogens with one attached hydrogen (secondary N) is 1. The van der Waals surface area contributed by atoms with Gasteiger partial charge in [-0.15, -0.1) is 0 Å². The molecule has 4 heteroatoms. The number of ether oxygens (including phenoxy) is 2. The lowest BCUT2D eigenvalue weighted by Gasteiger charge is -2.11. The lowest BCUT2D eigenvalue weighted by atomic mass is 10.2. The second kappa shape index (κ2) is 6.29. The number of fused-ring (bicyclic) bond motifs is 1. The minimum Gasteiger partial charge on any atom is -0.496 e. The molecule has 1 fully saturated rings. The van der Waals surface area contributed by atoms with E-state index in [2.05, 4.69) is 28.2 Å². The van der Waals surface area contributed by atoms with Crippen LogP contribution in [0.4, 0.5) is 0 Å². The molecule has 108 valence electrons. The van der Waals surface area contributed by atoms with Crippen molar-refractivity contribution in [2.45, 2.75) is 25.5 Å². The van der Waals surface area contributed by atoms with Gasteiger partial charge in [-0.05, 0) is 31.0 Å². The second-order valence-electron chi connectivity index (χ2n) is 5.24. The third-order valence-corrected chi connectivity index (χ3v) is 3.92. The highest BCUT2D eigenvalue weighted by Crippen LogP contribution is 2.25. The SMILES string of the molecule is COc1cccc2c1ccn2CCNCC1CCCO1. The zero-order valence-corrected chi connectivity index (χ0v) is 12.0.